The molecule has 1 fully saturated rings. The van der Waals surface area contributed by atoms with Gasteiger partial charge in [-0.3, -0.25) is 0 Å². The summed E-state index contributed by atoms with van der Waals surface area (Å²) in [6.07, 6.45) is -4.60. The molecule has 3 N–H and O–H groups in total. The van der Waals surface area contributed by atoms with Crippen molar-refractivity contribution in [2.45, 2.75) is 43.9 Å². The Balaban J connectivity index is 1.68. The lowest BCUT2D eigenvalue weighted by molar-refractivity contribution is -0.271. The quantitative estimate of drug-likeness (QED) is 0.599. The van der Waals surface area contributed by atoms with Crippen molar-refractivity contribution in [1.29, 1.82) is 0 Å². The van der Waals surface area contributed by atoms with Gasteiger partial charge in [0.15, 0.2) is 6.29 Å². The van der Waals surface area contributed by atoms with E-state index in [0.29, 0.717) is 0 Å². The van der Waals surface area contributed by atoms with Crippen molar-refractivity contribution in [3.05, 3.63) is 71.8 Å². The molecule has 5 atom stereocenters. The molecule has 2 aromatic carbocycles. The van der Waals surface area contributed by atoms with Crippen LogP contribution in [-0.2, 0) is 32.2 Å². The summed E-state index contributed by atoms with van der Waals surface area (Å²) >= 11 is 0. The van der Waals surface area contributed by atoms with Gasteiger partial charge in [0.05, 0.1) is 13.2 Å². The van der Waals surface area contributed by atoms with Crippen molar-refractivity contribution >= 4 is 6.09 Å². The molecule has 1 aliphatic rings. The van der Waals surface area contributed by atoms with E-state index in [4.69, 9.17) is 18.9 Å². The normalized spacial score (nSPS) is 26.2. The number of methoxy groups -OCH3 is 1. The lowest BCUT2D eigenvalue weighted by Crippen LogP contribution is -2.65. The van der Waals surface area contributed by atoms with Crippen LogP contribution >= 0.6 is 0 Å². The van der Waals surface area contributed by atoms with Crippen LogP contribution < -0.4 is 5.32 Å². The first-order chi connectivity index (χ1) is 14.6. The first-order valence-corrected chi connectivity index (χ1v) is 9.72. The van der Waals surface area contributed by atoms with Gasteiger partial charge in [0.1, 0.15) is 31.0 Å². The van der Waals surface area contributed by atoms with E-state index in [-0.39, 0.29) is 13.2 Å². The van der Waals surface area contributed by atoms with E-state index in [2.05, 4.69) is 5.32 Å². The number of carbonyl (C=O) groups excluding carboxylic acids is 1. The molecule has 162 valence electrons. The average molecular weight is 417 g/mol. The fourth-order valence-corrected chi connectivity index (χ4v) is 3.29. The van der Waals surface area contributed by atoms with Crippen LogP contribution in [0.2, 0.25) is 0 Å². The van der Waals surface area contributed by atoms with Crippen LogP contribution in [0.4, 0.5) is 4.79 Å². The van der Waals surface area contributed by atoms with Gasteiger partial charge in [-0.2, -0.15) is 0 Å². The number of aliphatic hydroxyl groups excluding tert-OH is 2. The Morgan fingerprint density at radius 1 is 1.03 bits per heavy atom. The second-order valence-corrected chi connectivity index (χ2v) is 6.94. The highest BCUT2D eigenvalue weighted by Crippen LogP contribution is 2.25. The molecule has 1 amide bonds. The molecule has 0 aromatic heterocycles. The number of alkyl carbamates (subject to hydrolysis) is 1. The number of hydrogen-bond donors (Lipinski definition) is 3. The molecule has 0 radical (unpaired) electrons. The van der Waals surface area contributed by atoms with Crippen molar-refractivity contribution < 1.29 is 34.0 Å². The predicted octanol–water partition coefficient (Wildman–Crippen LogP) is 1.59. The third-order valence-electron chi connectivity index (χ3n) is 4.87. The Hall–Kier alpha value is -2.49. The molecule has 0 saturated carbocycles. The van der Waals surface area contributed by atoms with E-state index < -0.39 is 43.3 Å². The Labute approximate surface area is 175 Å². The molecule has 1 heterocycles. The van der Waals surface area contributed by atoms with E-state index in [1.807, 2.05) is 60.7 Å². The highest BCUT2D eigenvalue weighted by Gasteiger charge is 2.47. The minimum Gasteiger partial charge on any atom is -0.445 e. The Kier molecular flexibility index (Phi) is 8.18. The minimum absolute atomic E-state index is 0.0925. The Morgan fingerprint density at radius 3 is 2.20 bits per heavy atom. The van der Waals surface area contributed by atoms with Crippen LogP contribution in [0.25, 0.3) is 0 Å². The SMILES string of the molecule is CO[C@H]1O[C@H](CO)[C@@H](O)[C@H](OCc2ccccc2)[C@H]1NC(=O)OCc1ccccc1. The lowest BCUT2D eigenvalue weighted by atomic mass is 9.96. The summed E-state index contributed by atoms with van der Waals surface area (Å²) in [4.78, 5) is 12.4. The van der Waals surface area contributed by atoms with Gasteiger partial charge >= 0.3 is 6.09 Å². The smallest absolute Gasteiger partial charge is 0.407 e. The summed E-state index contributed by atoms with van der Waals surface area (Å²) in [5.41, 5.74) is 1.74. The van der Waals surface area contributed by atoms with Crippen molar-refractivity contribution in [3.63, 3.8) is 0 Å². The molecule has 2 aromatic rings. The summed E-state index contributed by atoms with van der Waals surface area (Å²) in [5.74, 6) is 0. The van der Waals surface area contributed by atoms with Crippen LogP contribution in [0.1, 0.15) is 11.1 Å². The van der Waals surface area contributed by atoms with E-state index in [9.17, 15) is 15.0 Å². The standard InChI is InChI=1S/C22H27NO7/c1-27-21-18(23-22(26)29-14-16-10-6-3-7-11-16)20(19(25)17(12-24)30-21)28-13-15-8-4-2-5-9-15/h2-11,17-21,24-25H,12-14H2,1H3,(H,23,26)/t17-,18-,19-,20-,21+/m1/s1. The largest absolute Gasteiger partial charge is 0.445 e. The van der Waals surface area contributed by atoms with Crippen LogP contribution in [0.3, 0.4) is 0 Å². The van der Waals surface area contributed by atoms with Crippen molar-refractivity contribution in [3.8, 4) is 0 Å². The molecule has 8 heteroatoms. The molecule has 8 nitrogen and oxygen atoms in total. The van der Waals surface area contributed by atoms with Crippen LogP contribution in [0, 0.1) is 0 Å². The number of hydrogen-bond acceptors (Lipinski definition) is 7. The molecule has 1 saturated heterocycles. The van der Waals surface area contributed by atoms with E-state index in [1.54, 1.807) is 0 Å². The zero-order valence-corrected chi connectivity index (χ0v) is 16.7. The number of carbonyl (C=O) groups is 1. The first kappa shape index (κ1) is 22.2. The van der Waals surface area contributed by atoms with E-state index >= 15 is 0 Å². The molecule has 30 heavy (non-hydrogen) atoms. The van der Waals surface area contributed by atoms with Gasteiger partial charge in [-0.15, -0.1) is 0 Å². The maximum Gasteiger partial charge on any atom is 0.407 e. The van der Waals surface area contributed by atoms with E-state index in [0.717, 1.165) is 11.1 Å². The molecule has 1 aliphatic heterocycles. The highest BCUT2D eigenvalue weighted by atomic mass is 16.7. The molecule has 0 unspecified atom stereocenters. The van der Waals surface area contributed by atoms with E-state index in [1.165, 1.54) is 7.11 Å². The summed E-state index contributed by atoms with van der Waals surface area (Å²) in [5, 5.41) is 22.9. The molecular formula is C22H27NO7. The summed E-state index contributed by atoms with van der Waals surface area (Å²) in [6.45, 7) is -0.124. The van der Waals surface area contributed by atoms with Crippen LogP contribution in [-0.4, -0.2) is 60.7 Å². The van der Waals surface area contributed by atoms with Gasteiger partial charge in [-0.05, 0) is 11.1 Å². The second-order valence-electron chi connectivity index (χ2n) is 6.94. The fraction of sp³-hybridized carbons (Fsp3) is 0.409. The molecule has 0 bridgehead atoms. The topological polar surface area (TPSA) is 106 Å². The summed E-state index contributed by atoms with van der Waals surface area (Å²) in [6, 6.07) is 17.8. The van der Waals surface area contributed by atoms with Gasteiger partial charge in [0.2, 0.25) is 0 Å². The molecular weight excluding hydrogens is 390 g/mol. The number of benzene rings is 2. The minimum atomic E-state index is -1.18. The lowest BCUT2D eigenvalue weighted by Gasteiger charge is -2.43. The zero-order valence-electron chi connectivity index (χ0n) is 16.7. The first-order valence-electron chi connectivity index (χ1n) is 9.72. The maximum absolute atomic E-state index is 12.4. The third kappa shape index (κ3) is 5.78. The van der Waals surface area contributed by atoms with Crippen molar-refractivity contribution in [2.75, 3.05) is 13.7 Å². The van der Waals surface area contributed by atoms with Crippen LogP contribution in [0.15, 0.2) is 60.7 Å². The zero-order chi connectivity index (χ0) is 21.3. The Morgan fingerprint density at radius 2 is 1.63 bits per heavy atom. The van der Waals surface area contributed by atoms with Gasteiger partial charge in [0, 0.05) is 7.11 Å². The molecule has 0 aliphatic carbocycles. The van der Waals surface area contributed by atoms with Gasteiger partial charge in [0.25, 0.3) is 0 Å². The van der Waals surface area contributed by atoms with Crippen molar-refractivity contribution in [1.82, 2.24) is 5.32 Å². The number of amides is 1. The predicted molar refractivity (Wildman–Crippen MR) is 107 cm³/mol. The van der Waals surface area contributed by atoms with Gasteiger partial charge in [-0.1, -0.05) is 60.7 Å². The molecule has 3 rings (SSSR count). The van der Waals surface area contributed by atoms with Crippen molar-refractivity contribution in [2.24, 2.45) is 0 Å². The Bertz CT molecular complexity index is 774. The average Bonchev–Trinajstić information content (AvgIpc) is 2.79. The van der Waals surface area contributed by atoms with Gasteiger partial charge < -0.3 is 34.5 Å². The number of aliphatic hydroxyl groups is 2. The van der Waals surface area contributed by atoms with Gasteiger partial charge in [-0.25, -0.2) is 4.79 Å². The highest BCUT2D eigenvalue weighted by molar-refractivity contribution is 5.67. The van der Waals surface area contributed by atoms with Crippen LogP contribution in [0.5, 0.6) is 0 Å². The summed E-state index contributed by atoms with van der Waals surface area (Å²) in [7, 11) is 1.41. The monoisotopic (exact) mass is 417 g/mol. The third-order valence-corrected chi connectivity index (χ3v) is 4.87. The second kappa shape index (κ2) is 11.1. The number of ether oxygens (including phenoxy) is 4. The number of rotatable bonds is 8. The summed E-state index contributed by atoms with van der Waals surface area (Å²) < 4.78 is 22.1. The molecule has 0 spiro atoms. The fourth-order valence-electron chi connectivity index (χ4n) is 3.29. The number of nitrogens with one attached hydrogen (secondary N) is 1. The maximum atomic E-state index is 12.4.